The van der Waals surface area contributed by atoms with Gasteiger partial charge >= 0.3 is 23.5 Å². The first-order valence-electron chi connectivity index (χ1n) is 13.4. The van der Waals surface area contributed by atoms with Crippen molar-refractivity contribution in [2.45, 2.75) is 51.4 Å². The minimum Gasteiger partial charge on any atom is -0.390 e. The summed E-state index contributed by atoms with van der Waals surface area (Å²) in [4.78, 5) is 66.7. The fourth-order valence-electron chi connectivity index (χ4n) is 4.96. The first kappa shape index (κ1) is 37.5. The number of fused-ring (bicyclic) bond motifs is 1. The van der Waals surface area contributed by atoms with Gasteiger partial charge in [0.25, 0.3) is 11.4 Å². The number of nitrogens with zero attached hydrogens (tertiary/aromatic N) is 5. The van der Waals surface area contributed by atoms with E-state index in [0.717, 1.165) is 18.5 Å². The number of benzene rings is 1. The first-order valence-corrected chi connectivity index (χ1v) is 18.0. The van der Waals surface area contributed by atoms with Crippen LogP contribution in [0.4, 0.5) is 17.2 Å². The molecule has 0 spiro atoms. The molecule has 3 heterocycles. The molecule has 2 aromatic heterocycles. The molecule has 23 nitrogen and oxygen atoms in total. The molecular formula is C22H29N6O17P3. The Bertz CT molecular complexity index is 1820. The van der Waals surface area contributed by atoms with Crippen molar-refractivity contribution in [3.63, 3.8) is 0 Å². The van der Waals surface area contributed by atoms with Crippen LogP contribution >= 0.6 is 23.5 Å². The van der Waals surface area contributed by atoms with Crippen molar-refractivity contribution < 1.29 is 70.8 Å². The van der Waals surface area contributed by atoms with Crippen LogP contribution in [0.1, 0.15) is 43.7 Å². The molecule has 4 rings (SSSR count). The first-order chi connectivity index (χ1) is 22.2. The lowest BCUT2D eigenvalue weighted by atomic mass is 9.95. The second-order valence-electron chi connectivity index (χ2n) is 10.5. The third kappa shape index (κ3) is 8.84. The molecule has 0 aliphatic carbocycles. The second kappa shape index (κ2) is 14.3. The van der Waals surface area contributed by atoms with Crippen LogP contribution in [-0.4, -0.2) is 67.9 Å². The molecule has 1 saturated heterocycles. The summed E-state index contributed by atoms with van der Waals surface area (Å²) >= 11 is 0. The van der Waals surface area contributed by atoms with Gasteiger partial charge in [0.15, 0.2) is 0 Å². The van der Waals surface area contributed by atoms with Crippen LogP contribution in [0.25, 0.3) is 11.0 Å². The number of hydrogen-bond acceptors (Lipinski definition) is 16. The molecule has 2 unspecified atom stereocenters. The Hall–Kier alpha value is -3.27. The molecule has 7 N–H and O–H groups in total. The Kier molecular flexibility index (Phi) is 11.2. The van der Waals surface area contributed by atoms with Crippen molar-refractivity contribution >= 4 is 51.7 Å². The number of hydrogen-bond donors (Lipinski definition) is 6. The summed E-state index contributed by atoms with van der Waals surface area (Å²) in [6.07, 6.45) is -2.50. The van der Waals surface area contributed by atoms with Gasteiger partial charge in [0.1, 0.15) is 35.7 Å². The van der Waals surface area contributed by atoms with Gasteiger partial charge in [-0.3, -0.25) is 24.8 Å². The van der Waals surface area contributed by atoms with Gasteiger partial charge in [0, 0.05) is 30.3 Å². The van der Waals surface area contributed by atoms with Gasteiger partial charge in [0.05, 0.1) is 40.7 Å². The SMILES string of the molecule is CC(C)[C@@H](OCc1cn([C@H]2C[C@H](O)[C@@H](COP(=O)(O)OP(=O)(O)OP(=O)(O)O)O2)c2ncnc(N)c12)c1c([N+](=O)[O-])cccc1[N+](=O)[O-]. The third-order valence-corrected chi connectivity index (χ3v) is 10.6. The number of aliphatic hydroxyl groups excluding tert-OH is 1. The standard InChI is InChI=1S/C22H29N6O17P3/c1-11(2)20(19-13(27(30)31)4-3-5-14(19)28(32)33)41-8-12-7-26(22-18(12)21(23)24-10-25-22)17-6-15(29)16(43-17)9-42-47(37,38)45-48(39,40)44-46(34,35)36/h3-5,7,10-11,15-17,20,29H,6,8-9H2,1-2H3,(H,37,38)(H,39,40)(H2,23,24,25)(H2,34,35,36)/t15-,16+,17+,20+/m0/s1. The highest BCUT2D eigenvalue weighted by Crippen LogP contribution is 2.66. The number of aliphatic hydroxyl groups is 1. The van der Waals surface area contributed by atoms with Gasteiger partial charge in [-0.15, -0.1) is 0 Å². The number of aromatic nitrogens is 3. The smallest absolute Gasteiger partial charge is 0.390 e. The molecule has 264 valence electrons. The molecular weight excluding hydrogens is 713 g/mol. The molecule has 1 fully saturated rings. The predicted octanol–water partition coefficient (Wildman–Crippen LogP) is 2.74. The van der Waals surface area contributed by atoms with Crippen LogP contribution < -0.4 is 5.73 Å². The fraction of sp³-hybridized carbons (Fsp3) is 0.455. The lowest BCUT2D eigenvalue weighted by Gasteiger charge is -2.21. The van der Waals surface area contributed by atoms with E-state index >= 15 is 0 Å². The van der Waals surface area contributed by atoms with Crippen LogP contribution in [-0.2, 0) is 42.9 Å². The monoisotopic (exact) mass is 742 g/mol. The molecule has 0 bridgehead atoms. The van der Waals surface area contributed by atoms with E-state index in [1.807, 2.05) is 0 Å². The highest BCUT2D eigenvalue weighted by atomic mass is 31.3. The molecule has 1 aliphatic heterocycles. The van der Waals surface area contributed by atoms with Crippen LogP contribution in [0.5, 0.6) is 0 Å². The Morgan fingerprint density at radius 2 is 1.69 bits per heavy atom. The number of nitro benzene ring substituents is 2. The van der Waals surface area contributed by atoms with Crippen LogP contribution in [0.2, 0.25) is 0 Å². The van der Waals surface area contributed by atoms with Crippen molar-refractivity contribution in [3.8, 4) is 0 Å². The van der Waals surface area contributed by atoms with Gasteiger partial charge in [-0.2, -0.15) is 8.62 Å². The largest absolute Gasteiger partial charge is 0.490 e. The second-order valence-corrected chi connectivity index (χ2v) is 15.0. The third-order valence-electron chi connectivity index (χ3n) is 6.81. The van der Waals surface area contributed by atoms with Gasteiger partial charge in [0.2, 0.25) is 0 Å². The number of phosphoric ester groups is 1. The summed E-state index contributed by atoms with van der Waals surface area (Å²) in [5.74, 6) is -0.506. The quantitative estimate of drug-likeness (QED) is 0.0740. The lowest BCUT2D eigenvalue weighted by molar-refractivity contribution is -0.397. The van der Waals surface area contributed by atoms with Crippen LogP contribution in [0, 0.1) is 26.1 Å². The molecule has 48 heavy (non-hydrogen) atoms. The molecule has 1 aliphatic rings. The van der Waals surface area contributed by atoms with E-state index in [4.69, 9.17) is 25.0 Å². The van der Waals surface area contributed by atoms with Crippen LogP contribution in [0.15, 0.2) is 30.7 Å². The van der Waals surface area contributed by atoms with Crippen molar-refractivity contribution in [1.82, 2.24) is 14.5 Å². The van der Waals surface area contributed by atoms with Gasteiger partial charge in [-0.1, -0.05) is 13.8 Å². The van der Waals surface area contributed by atoms with E-state index in [9.17, 15) is 48.8 Å². The van der Waals surface area contributed by atoms with E-state index in [0.29, 0.717) is 5.56 Å². The van der Waals surface area contributed by atoms with Crippen molar-refractivity contribution in [3.05, 3.63) is 62.1 Å². The van der Waals surface area contributed by atoms with Crippen LogP contribution in [0.3, 0.4) is 0 Å². The fourth-order valence-corrected chi connectivity index (χ4v) is 7.99. The zero-order valence-corrected chi connectivity index (χ0v) is 27.4. The summed E-state index contributed by atoms with van der Waals surface area (Å²) in [6, 6.07) is 3.44. The zero-order valence-electron chi connectivity index (χ0n) is 24.7. The minimum atomic E-state index is -5.77. The number of phosphoric acid groups is 3. The van der Waals surface area contributed by atoms with E-state index in [1.165, 1.54) is 16.8 Å². The average molecular weight is 742 g/mol. The summed E-state index contributed by atoms with van der Waals surface area (Å²) < 4.78 is 59.7. The van der Waals surface area contributed by atoms with Gasteiger partial charge < -0.3 is 44.5 Å². The topological polar surface area (TPSA) is 342 Å². The number of ether oxygens (including phenoxy) is 2. The van der Waals surface area contributed by atoms with E-state index in [1.54, 1.807) is 13.8 Å². The maximum atomic E-state index is 12.1. The number of nitrogen functional groups attached to an aromatic ring is 1. The average Bonchev–Trinajstić information content (AvgIpc) is 3.50. The summed E-state index contributed by atoms with van der Waals surface area (Å²) in [7, 11) is -16.9. The van der Waals surface area contributed by atoms with Crippen molar-refractivity contribution in [2.24, 2.45) is 5.92 Å². The van der Waals surface area contributed by atoms with Crippen molar-refractivity contribution in [2.75, 3.05) is 12.3 Å². The summed E-state index contributed by atoms with van der Waals surface area (Å²) in [5, 5.41) is 34.4. The summed E-state index contributed by atoms with van der Waals surface area (Å²) in [6.45, 7) is 2.08. The van der Waals surface area contributed by atoms with Crippen molar-refractivity contribution in [1.29, 1.82) is 0 Å². The molecule has 26 heteroatoms. The Morgan fingerprint density at radius 1 is 1.06 bits per heavy atom. The van der Waals surface area contributed by atoms with E-state index < -0.39 is 81.8 Å². The Balaban J connectivity index is 1.57. The number of nitrogens with two attached hydrogens (primary N) is 1. The molecule has 0 amide bonds. The molecule has 1 aromatic carbocycles. The molecule has 0 radical (unpaired) electrons. The Morgan fingerprint density at radius 3 is 2.25 bits per heavy atom. The van der Waals surface area contributed by atoms with E-state index in [-0.39, 0.29) is 35.4 Å². The highest BCUT2D eigenvalue weighted by molar-refractivity contribution is 7.66. The lowest BCUT2D eigenvalue weighted by Crippen LogP contribution is -2.26. The number of nitro groups is 2. The number of rotatable bonds is 15. The zero-order chi connectivity index (χ0) is 35.8. The molecule has 6 atom stereocenters. The maximum Gasteiger partial charge on any atom is 0.490 e. The highest BCUT2D eigenvalue weighted by Gasteiger charge is 2.43. The molecule has 0 saturated carbocycles. The minimum absolute atomic E-state index is 0.0159. The Labute approximate surface area is 269 Å². The predicted molar refractivity (Wildman–Crippen MR) is 158 cm³/mol. The van der Waals surface area contributed by atoms with E-state index in [2.05, 4.69) is 23.1 Å². The van der Waals surface area contributed by atoms with Gasteiger partial charge in [-0.25, -0.2) is 23.7 Å². The van der Waals surface area contributed by atoms with Gasteiger partial charge in [-0.05, 0) is 12.0 Å². The normalized spacial score (nSPS) is 21.6. The summed E-state index contributed by atoms with van der Waals surface area (Å²) in [5.41, 5.74) is 5.36. The number of anilines is 1. The molecule has 3 aromatic rings. The maximum absolute atomic E-state index is 12.1.